The number of carbonyl (C=O) groups excluding carboxylic acids is 3. The van der Waals surface area contributed by atoms with Gasteiger partial charge in [-0.05, 0) is 36.1 Å². The number of urea groups is 1. The molecule has 4 amide bonds. The third-order valence-corrected chi connectivity index (χ3v) is 6.85. The highest BCUT2D eigenvalue weighted by molar-refractivity contribution is 6.20. The zero-order valence-electron chi connectivity index (χ0n) is 19.3. The standard InChI is InChI=1S/C22H20F5N5O5/c1-8(2)13-14-21(18(33)28-20(35)29-19(21)34)6-10-5-9(16-30-31-17(37-16)15(23)24)3-4-11(10)32(14)7-12(36-13)22(25,26)27/h3-5,8,12-15H,6-7H2,1-2H3,(H2,28,29,33,34,35)/t12-,13?,14+/m0/s1. The van der Waals surface area contributed by atoms with Crippen molar-refractivity contribution in [2.24, 2.45) is 11.3 Å². The van der Waals surface area contributed by atoms with E-state index in [1.165, 1.54) is 23.1 Å². The van der Waals surface area contributed by atoms with Crippen molar-refractivity contribution < 1.29 is 45.5 Å². The maximum Gasteiger partial charge on any atom is 0.416 e. The van der Waals surface area contributed by atoms with Gasteiger partial charge in [-0.1, -0.05) is 13.8 Å². The molecule has 3 atom stereocenters. The number of anilines is 1. The van der Waals surface area contributed by atoms with E-state index >= 15 is 0 Å². The summed E-state index contributed by atoms with van der Waals surface area (Å²) < 4.78 is 77.9. The number of amides is 4. The van der Waals surface area contributed by atoms with Crippen molar-refractivity contribution in [2.45, 2.75) is 51.1 Å². The zero-order valence-corrected chi connectivity index (χ0v) is 19.3. The van der Waals surface area contributed by atoms with Crippen LogP contribution in [0.1, 0.15) is 31.7 Å². The Bertz CT molecular complexity index is 1260. The van der Waals surface area contributed by atoms with Crippen LogP contribution >= 0.6 is 0 Å². The third kappa shape index (κ3) is 3.91. The molecule has 10 nitrogen and oxygen atoms in total. The average molecular weight is 529 g/mol. The fraction of sp³-hybridized carbons (Fsp3) is 0.500. The van der Waals surface area contributed by atoms with Gasteiger partial charge < -0.3 is 14.1 Å². The number of nitrogens with zero attached hydrogens (tertiary/aromatic N) is 3. The number of imide groups is 2. The smallest absolute Gasteiger partial charge is 0.415 e. The number of hydrogen-bond acceptors (Lipinski definition) is 8. The first-order valence-electron chi connectivity index (χ1n) is 11.2. The predicted octanol–water partition coefficient (Wildman–Crippen LogP) is 2.74. The molecule has 1 aromatic carbocycles. The van der Waals surface area contributed by atoms with Gasteiger partial charge in [0.25, 0.3) is 5.89 Å². The SMILES string of the molecule is CC(C)C1O[C@H](C(F)(F)F)CN2c3ccc(-c4nnc(C(F)F)o4)cc3CC3(C(=O)NC(=O)NC3=O)[C@@H]12. The molecule has 2 fully saturated rings. The molecule has 2 N–H and O–H groups in total. The number of nitrogens with one attached hydrogen (secondary N) is 2. The van der Waals surface area contributed by atoms with E-state index in [0.29, 0.717) is 0 Å². The van der Waals surface area contributed by atoms with E-state index in [4.69, 9.17) is 9.15 Å². The Labute approximate surface area is 205 Å². The first-order chi connectivity index (χ1) is 17.3. The number of fused-ring (bicyclic) bond motifs is 4. The minimum Gasteiger partial charge on any atom is -0.415 e. The van der Waals surface area contributed by atoms with Crippen molar-refractivity contribution in [1.29, 1.82) is 0 Å². The molecule has 4 heterocycles. The molecule has 1 aromatic heterocycles. The van der Waals surface area contributed by atoms with Crippen LogP contribution in [0.25, 0.3) is 11.5 Å². The lowest BCUT2D eigenvalue weighted by Gasteiger charge is -2.57. The number of alkyl halides is 5. The van der Waals surface area contributed by atoms with Crippen LogP contribution in [0.3, 0.4) is 0 Å². The largest absolute Gasteiger partial charge is 0.416 e. The molecule has 37 heavy (non-hydrogen) atoms. The number of ether oxygens (including phenoxy) is 1. The Balaban J connectivity index is 1.68. The van der Waals surface area contributed by atoms with Gasteiger partial charge in [0, 0.05) is 11.3 Å². The quantitative estimate of drug-likeness (QED) is 0.459. The van der Waals surface area contributed by atoms with Crippen LogP contribution < -0.4 is 15.5 Å². The van der Waals surface area contributed by atoms with E-state index in [1.54, 1.807) is 13.8 Å². The molecular weight excluding hydrogens is 509 g/mol. The highest BCUT2D eigenvalue weighted by Crippen LogP contribution is 2.49. The van der Waals surface area contributed by atoms with Gasteiger partial charge in [-0.15, -0.1) is 10.2 Å². The summed E-state index contributed by atoms with van der Waals surface area (Å²) in [5, 5.41) is 11.0. The summed E-state index contributed by atoms with van der Waals surface area (Å²) in [7, 11) is 0. The summed E-state index contributed by atoms with van der Waals surface area (Å²) in [6.45, 7) is 2.48. The topological polar surface area (TPSA) is 127 Å². The lowest BCUT2D eigenvalue weighted by atomic mass is 9.65. The summed E-state index contributed by atoms with van der Waals surface area (Å²) in [4.78, 5) is 39.8. The molecule has 0 saturated carbocycles. The van der Waals surface area contributed by atoms with Gasteiger partial charge in [0.1, 0.15) is 0 Å². The average Bonchev–Trinajstić information content (AvgIpc) is 3.31. The zero-order chi connectivity index (χ0) is 26.9. The van der Waals surface area contributed by atoms with Crippen LogP contribution in [0.5, 0.6) is 0 Å². The number of benzene rings is 1. The fourth-order valence-corrected chi connectivity index (χ4v) is 5.25. The van der Waals surface area contributed by atoms with Crippen LogP contribution in [-0.4, -0.2) is 59.0 Å². The van der Waals surface area contributed by atoms with Crippen molar-refractivity contribution in [3.8, 4) is 11.5 Å². The molecule has 15 heteroatoms. The Kier molecular flexibility index (Phi) is 5.73. The molecule has 3 aliphatic rings. The van der Waals surface area contributed by atoms with E-state index in [1.807, 2.05) is 0 Å². The van der Waals surface area contributed by atoms with Gasteiger partial charge in [-0.25, -0.2) is 4.79 Å². The normalized spacial score (nSPS) is 25.3. The van der Waals surface area contributed by atoms with E-state index in [9.17, 15) is 36.3 Å². The van der Waals surface area contributed by atoms with E-state index in [-0.39, 0.29) is 29.1 Å². The second-order valence-corrected chi connectivity index (χ2v) is 9.45. The molecule has 0 aliphatic carbocycles. The first kappa shape index (κ1) is 25.0. The summed E-state index contributed by atoms with van der Waals surface area (Å²) in [6.07, 6.45) is -11.5. The number of rotatable bonds is 3. The number of aromatic nitrogens is 2. The predicted molar refractivity (Wildman–Crippen MR) is 113 cm³/mol. The van der Waals surface area contributed by atoms with Crippen molar-refractivity contribution in [3.63, 3.8) is 0 Å². The van der Waals surface area contributed by atoms with E-state index < -0.39 is 72.5 Å². The van der Waals surface area contributed by atoms with Crippen molar-refractivity contribution in [1.82, 2.24) is 20.8 Å². The Hall–Kier alpha value is -3.62. The van der Waals surface area contributed by atoms with E-state index in [2.05, 4.69) is 20.8 Å². The number of carbonyl (C=O) groups is 3. The van der Waals surface area contributed by atoms with Gasteiger partial charge in [0.05, 0.1) is 18.7 Å². The van der Waals surface area contributed by atoms with Crippen molar-refractivity contribution in [3.05, 3.63) is 29.7 Å². The number of hydrogen-bond donors (Lipinski definition) is 2. The number of halogens is 5. The Morgan fingerprint density at radius 1 is 1.11 bits per heavy atom. The molecule has 0 radical (unpaired) electrons. The summed E-state index contributed by atoms with van der Waals surface area (Å²) in [5.74, 6) is -3.72. The summed E-state index contributed by atoms with van der Waals surface area (Å²) in [6, 6.07) is 1.99. The van der Waals surface area contributed by atoms with Crippen molar-refractivity contribution >= 4 is 23.5 Å². The fourth-order valence-electron chi connectivity index (χ4n) is 5.25. The van der Waals surface area contributed by atoms with Crippen LogP contribution in [0, 0.1) is 11.3 Å². The Morgan fingerprint density at radius 3 is 2.35 bits per heavy atom. The van der Waals surface area contributed by atoms with Gasteiger partial charge in [0.15, 0.2) is 11.5 Å². The van der Waals surface area contributed by atoms with Crippen LogP contribution in [0.15, 0.2) is 22.6 Å². The van der Waals surface area contributed by atoms with Gasteiger partial charge in [-0.2, -0.15) is 22.0 Å². The molecular formula is C22H20F5N5O5. The third-order valence-electron chi connectivity index (χ3n) is 6.85. The molecule has 1 spiro atoms. The lowest BCUT2D eigenvalue weighted by Crippen LogP contribution is -2.76. The second-order valence-electron chi connectivity index (χ2n) is 9.45. The maximum atomic E-state index is 13.9. The highest BCUT2D eigenvalue weighted by atomic mass is 19.4. The molecule has 2 saturated heterocycles. The van der Waals surface area contributed by atoms with Crippen molar-refractivity contribution in [2.75, 3.05) is 11.4 Å². The van der Waals surface area contributed by atoms with Crippen LogP contribution in [0.2, 0.25) is 0 Å². The first-order valence-corrected chi connectivity index (χ1v) is 11.2. The van der Waals surface area contributed by atoms with Gasteiger partial charge in [0.2, 0.25) is 17.7 Å². The molecule has 2 aromatic rings. The minimum absolute atomic E-state index is 0.153. The maximum absolute atomic E-state index is 13.9. The monoisotopic (exact) mass is 529 g/mol. The highest BCUT2D eigenvalue weighted by Gasteiger charge is 2.65. The molecule has 198 valence electrons. The number of morpholine rings is 1. The number of barbiturate groups is 1. The molecule has 5 rings (SSSR count). The second kappa shape index (κ2) is 8.46. The molecule has 3 aliphatic heterocycles. The van der Waals surface area contributed by atoms with Crippen LogP contribution in [-0.2, 0) is 20.7 Å². The van der Waals surface area contributed by atoms with Gasteiger partial charge in [-0.3, -0.25) is 20.2 Å². The van der Waals surface area contributed by atoms with Gasteiger partial charge >= 0.3 is 18.6 Å². The molecule has 1 unspecified atom stereocenters. The minimum atomic E-state index is -4.74. The van der Waals surface area contributed by atoms with E-state index in [0.717, 1.165) is 0 Å². The molecule has 0 bridgehead atoms. The Morgan fingerprint density at radius 2 is 1.78 bits per heavy atom. The van der Waals surface area contributed by atoms with Crippen LogP contribution in [0.4, 0.5) is 32.4 Å². The lowest BCUT2D eigenvalue weighted by molar-refractivity contribution is -0.250. The summed E-state index contributed by atoms with van der Waals surface area (Å²) >= 11 is 0. The summed E-state index contributed by atoms with van der Waals surface area (Å²) in [5.41, 5.74) is -1.35.